The number of hydrogen-bond donors (Lipinski definition) is 0. The quantitative estimate of drug-likeness (QED) is 0.695. The molecule has 1 heterocycles. The van der Waals surface area contributed by atoms with Gasteiger partial charge in [-0.2, -0.15) is 8.78 Å². The van der Waals surface area contributed by atoms with Gasteiger partial charge in [-0.05, 0) is 45.0 Å². The number of hydrogen-bond acceptors (Lipinski definition) is 6. The molecule has 1 saturated heterocycles. The van der Waals surface area contributed by atoms with Crippen LogP contribution in [-0.2, 0) is 24.1 Å². The Morgan fingerprint density at radius 2 is 1.67 bits per heavy atom. The van der Waals surface area contributed by atoms with Gasteiger partial charge in [0.15, 0.2) is 6.10 Å². The molecule has 10 heteroatoms. The number of nitrogens with zero attached hydrogens (tertiary/aromatic N) is 1. The van der Waals surface area contributed by atoms with Crippen molar-refractivity contribution in [2.75, 3.05) is 13.1 Å². The van der Waals surface area contributed by atoms with Crippen LogP contribution in [0.5, 0.6) is 0 Å². The number of carbonyl (C=O) groups is 2. The minimum Gasteiger partial charge on any atom is -0.449 e. The highest BCUT2D eigenvalue weighted by atomic mass is 32.2. The second kappa shape index (κ2) is 8.30. The maximum absolute atomic E-state index is 12.5. The summed E-state index contributed by atoms with van der Waals surface area (Å²) in [6.45, 7) is 5.86. The van der Waals surface area contributed by atoms with Gasteiger partial charge >= 0.3 is 11.7 Å². The number of sulfone groups is 1. The Labute approximate surface area is 156 Å². The lowest BCUT2D eigenvalue weighted by Crippen LogP contribution is -2.51. The fourth-order valence-corrected chi connectivity index (χ4v) is 3.50. The molecule has 1 fully saturated rings. The largest absolute Gasteiger partial charge is 0.449 e. The van der Waals surface area contributed by atoms with E-state index in [0.717, 1.165) is 24.3 Å². The third-order valence-electron chi connectivity index (χ3n) is 4.02. The Kier molecular flexibility index (Phi) is 6.53. The molecule has 0 saturated carbocycles. The molecule has 0 N–H and O–H groups in total. The standard InChI is InChI=1S/C17H21F2NO6S/c1-10-8-20(9-11(2)25-10)15(21)12(3)26-16(22)13-4-6-14(7-5-13)27(23,24)17(18)19/h4-7,10-12,17H,8-9H2,1-3H3. The van der Waals surface area contributed by atoms with Crippen molar-refractivity contribution in [3.05, 3.63) is 29.8 Å². The summed E-state index contributed by atoms with van der Waals surface area (Å²) >= 11 is 0. The molecule has 7 nitrogen and oxygen atoms in total. The number of rotatable bonds is 5. The predicted octanol–water partition coefficient (Wildman–Crippen LogP) is 1.86. The highest BCUT2D eigenvalue weighted by Crippen LogP contribution is 2.19. The minimum absolute atomic E-state index is 0.0495. The topological polar surface area (TPSA) is 90.0 Å². The van der Waals surface area contributed by atoms with Crippen LogP contribution in [0.25, 0.3) is 0 Å². The van der Waals surface area contributed by atoms with Gasteiger partial charge in [0.25, 0.3) is 5.91 Å². The van der Waals surface area contributed by atoms with Crippen molar-refractivity contribution in [1.82, 2.24) is 4.90 Å². The first-order valence-corrected chi connectivity index (χ1v) is 9.84. The smallest absolute Gasteiger partial charge is 0.341 e. The minimum atomic E-state index is -4.74. The van der Waals surface area contributed by atoms with E-state index >= 15 is 0 Å². The summed E-state index contributed by atoms with van der Waals surface area (Å²) in [4.78, 5) is 25.5. The first kappa shape index (κ1) is 21.2. The molecule has 1 aliphatic heterocycles. The van der Waals surface area contributed by atoms with E-state index < -0.39 is 32.6 Å². The average molecular weight is 405 g/mol. The summed E-state index contributed by atoms with van der Waals surface area (Å²) in [5.74, 6) is -4.78. The lowest BCUT2D eigenvalue weighted by atomic mass is 10.2. The maximum atomic E-state index is 12.5. The molecule has 0 spiro atoms. The van der Waals surface area contributed by atoms with E-state index in [1.54, 1.807) is 4.90 Å². The summed E-state index contributed by atoms with van der Waals surface area (Å²) in [6, 6.07) is 3.92. The predicted molar refractivity (Wildman–Crippen MR) is 91.1 cm³/mol. The molecule has 150 valence electrons. The third kappa shape index (κ3) is 5.01. The zero-order valence-corrected chi connectivity index (χ0v) is 15.9. The number of esters is 1. The van der Waals surface area contributed by atoms with Crippen molar-refractivity contribution in [3.63, 3.8) is 0 Å². The second-order valence-electron chi connectivity index (χ2n) is 6.38. The van der Waals surface area contributed by atoms with Crippen LogP contribution in [0.1, 0.15) is 31.1 Å². The lowest BCUT2D eigenvalue weighted by Gasteiger charge is -2.36. The number of benzene rings is 1. The van der Waals surface area contributed by atoms with E-state index in [9.17, 15) is 26.8 Å². The molecule has 3 unspecified atom stereocenters. The van der Waals surface area contributed by atoms with Crippen molar-refractivity contribution in [3.8, 4) is 0 Å². The first-order valence-electron chi connectivity index (χ1n) is 8.29. The molecule has 1 aromatic rings. The Hall–Kier alpha value is -2.07. The third-order valence-corrected chi connectivity index (χ3v) is 5.41. The van der Waals surface area contributed by atoms with Crippen LogP contribution in [0.15, 0.2) is 29.2 Å². The summed E-state index contributed by atoms with van der Waals surface area (Å²) in [5.41, 5.74) is -0.0495. The molecule has 0 aromatic heterocycles. The van der Waals surface area contributed by atoms with Gasteiger partial charge in [-0.15, -0.1) is 0 Å². The fraction of sp³-hybridized carbons (Fsp3) is 0.529. The number of halogens is 2. The van der Waals surface area contributed by atoms with Gasteiger partial charge in [0.1, 0.15) is 0 Å². The number of morpholine rings is 1. The lowest BCUT2D eigenvalue weighted by molar-refractivity contribution is -0.151. The van der Waals surface area contributed by atoms with Crippen LogP contribution < -0.4 is 0 Å². The SMILES string of the molecule is CC1CN(C(=O)C(C)OC(=O)c2ccc(S(=O)(=O)C(F)F)cc2)CC(C)O1. The van der Waals surface area contributed by atoms with E-state index in [4.69, 9.17) is 9.47 Å². The summed E-state index contributed by atoms with van der Waals surface area (Å²) < 4.78 is 58.5. The van der Waals surface area contributed by atoms with E-state index in [2.05, 4.69) is 0 Å². The van der Waals surface area contributed by atoms with E-state index in [-0.39, 0.29) is 23.7 Å². The highest BCUT2D eigenvalue weighted by molar-refractivity contribution is 7.91. The molecule has 1 aromatic carbocycles. The second-order valence-corrected chi connectivity index (χ2v) is 8.30. The van der Waals surface area contributed by atoms with Crippen molar-refractivity contribution in [1.29, 1.82) is 0 Å². The fourth-order valence-electron chi connectivity index (χ4n) is 2.78. The van der Waals surface area contributed by atoms with Crippen LogP contribution in [-0.4, -0.2) is 62.4 Å². The number of amides is 1. The Balaban J connectivity index is 2.03. The van der Waals surface area contributed by atoms with Crippen LogP contribution in [0, 0.1) is 0 Å². The molecular weight excluding hydrogens is 384 g/mol. The molecule has 1 aliphatic rings. The van der Waals surface area contributed by atoms with Crippen molar-refractivity contribution >= 4 is 21.7 Å². The number of alkyl halides is 2. The van der Waals surface area contributed by atoms with Gasteiger partial charge in [-0.25, -0.2) is 13.2 Å². The zero-order valence-electron chi connectivity index (χ0n) is 15.1. The van der Waals surface area contributed by atoms with Gasteiger partial charge in [-0.1, -0.05) is 0 Å². The van der Waals surface area contributed by atoms with Crippen molar-refractivity contribution in [2.24, 2.45) is 0 Å². The summed E-state index contributed by atoms with van der Waals surface area (Å²) in [5, 5.41) is 0. The average Bonchev–Trinajstić information content (AvgIpc) is 2.60. The van der Waals surface area contributed by atoms with Crippen molar-refractivity contribution in [2.45, 2.75) is 49.7 Å². The molecule has 0 bridgehead atoms. The zero-order chi connectivity index (χ0) is 20.4. The molecule has 1 amide bonds. The van der Waals surface area contributed by atoms with Crippen LogP contribution in [0.4, 0.5) is 8.78 Å². The van der Waals surface area contributed by atoms with E-state index in [0.29, 0.717) is 13.1 Å². The number of ether oxygens (including phenoxy) is 2. The first-order chi connectivity index (χ1) is 12.5. The Bertz CT molecular complexity index is 786. The molecular formula is C17H21F2NO6S. The van der Waals surface area contributed by atoms with Gasteiger partial charge in [0.2, 0.25) is 9.84 Å². The Morgan fingerprint density at radius 3 is 2.15 bits per heavy atom. The van der Waals surface area contributed by atoms with Crippen LogP contribution in [0.2, 0.25) is 0 Å². The van der Waals surface area contributed by atoms with E-state index in [1.807, 2.05) is 13.8 Å². The molecule has 0 aliphatic carbocycles. The maximum Gasteiger partial charge on any atom is 0.341 e. The molecule has 3 atom stereocenters. The van der Waals surface area contributed by atoms with E-state index in [1.165, 1.54) is 6.92 Å². The van der Waals surface area contributed by atoms with Gasteiger partial charge in [0.05, 0.1) is 22.7 Å². The van der Waals surface area contributed by atoms with Crippen molar-refractivity contribution < 1.29 is 36.3 Å². The van der Waals surface area contributed by atoms with Gasteiger partial charge in [0, 0.05) is 13.1 Å². The van der Waals surface area contributed by atoms with Crippen LogP contribution >= 0.6 is 0 Å². The number of carbonyl (C=O) groups excluding carboxylic acids is 2. The Morgan fingerprint density at radius 1 is 1.15 bits per heavy atom. The summed E-state index contributed by atoms with van der Waals surface area (Å²) in [7, 11) is -4.74. The van der Waals surface area contributed by atoms with Gasteiger partial charge in [-0.3, -0.25) is 4.79 Å². The molecule has 2 rings (SSSR count). The summed E-state index contributed by atoms with van der Waals surface area (Å²) in [6.07, 6.45) is -1.32. The van der Waals surface area contributed by atoms with Gasteiger partial charge < -0.3 is 14.4 Å². The molecule has 27 heavy (non-hydrogen) atoms. The van der Waals surface area contributed by atoms with Crippen LogP contribution in [0.3, 0.4) is 0 Å². The monoisotopic (exact) mass is 405 g/mol. The molecule has 0 radical (unpaired) electrons. The highest BCUT2D eigenvalue weighted by Gasteiger charge is 2.31. The normalized spacial score (nSPS) is 21.8.